The monoisotopic (exact) mass is 839 g/mol. The van der Waals surface area contributed by atoms with Crippen molar-refractivity contribution >= 4 is 23.1 Å². The Hall–Kier alpha value is -5.77. The summed E-state index contributed by atoms with van der Waals surface area (Å²) in [5.41, 5.74) is 0.734. The lowest BCUT2D eigenvalue weighted by atomic mass is 9.94. The van der Waals surface area contributed by atoms with Crippen molar-refractivity contribution in [3.05, 3.63) is 127 Å². The molecule has 5 aromatic rings. The molecular formula is C46H55F2N7O6. The molecule has 61 heavy (non-hydrogen) atoms. The maximum Gasteiger partial charge on any atom is 0.327 e. The van der Waals surface area contributed by atoms with Gasteiger partial charge < -0.3 is 34.2 Å². The van der Waals surface area contributed by atoms with Gasteiger partial charge in [0.1, 0.15) is 48.0 Å². The van der Waals surface area contributed by atoms with Crippen molar-refractivity contribution in [1.82, 2.24) is 19.7 Å². The Morgan fingerprint density at radius 2 is 1.54 bits per heavy atom. The van der Waals surface area contributed by atoms with E-state index in [4.69, 9.17) is 19.3 Å². The van der Waals surface area contributed by atoms with Crippen LogP contribution in [0.15, 0.2) is 110 Å². The van der Waals surface area contributed by atoms with Crippen LogP contribution in [0.1, 0.15) is 52.0 Å². The molecule has 2 amide bonds. The van der Waals surface area contributed by atoms with Crippen molar-refractivity contribution in [3.8, 4) is 11.5 Å². The van der Waals surface area contributed by atoms with Gasteiger partial charge in [0.05, 0.1) is 19.7 Å². The highest BCUT2D eigenvalue weighted by Gasteiger charge is 2.50. The zero-order valence-electron chi connectivity index (χ0n) is 34.9. The largest absolute Gasteiger partial charge is 0.508 e. The first-order valence-corrected chi connectivity index (χ1v) is 20.9. The average molecular weight is 840 g/mol. The van der Waals surface area contributed by atoms with Crippen molar-refractivity contribution in [2.24, 2.45) is 0 Å². The summed E-state index contributed by atoms with van der Waals surface area (Å²) in [7, 11) is 0. The predicted octanol–water partition coefficient (Wildman–Crippen LogP) is 7.54. The van der Waals surface area contributed by atoms with Gasteiger partial charge in [-0.05, 0) is 93.4 Å². The van der Waals surface area contributed by atoms with Gasteiger partial charge in [-0.1, -0.05) is 44.0 Å². The highest BCUT2D eigenvalue weighted by molar-refractivity contribution is 5.95. The number of phenols is 1. The summed E-state index contributed by atoms with van der Waals surface area (Å²) in [6, 6.07) is 27.8. The maximum atomic E-state index is 14.9. The van der Waals surface area contributed by atoms with Crippen LogP contribution in [-0.2, 0) is 21.6 Å². The summed E-state index contributed by atoms with van der Waals surface area (Å²) >= 11 is 0. The molecule has 13 nitrogen and oxygen atoms in total. The van der Waals surface area contributed by atoms with Crippen LogP contribution in [0.4, 0.5) is 30.6 Å². The van der Waals surface area contributed by atoms with E-state index in [1.807, 2.05) is 56.3 Å². The minimum Gasteiger partial charge on any atom is -0.508 e. The second-order valence-electron chi connectivity index (χ2n) is 16.0. The molecule has 3 aliphatic rings. The molecule has 3 saturated heterocycles. The van der Waals surface area contributed by atoms with Gasteiger partial charge in [-0.15, -0.1) is 0 Å². The summed E-state index contributed by atoms with van der Waals surface area (Å²) in [4.78, 5) is 25.4. The Morgan fingerprint density at radius 1 is 0.885 bits per heavy atom. The molecule has 1 aromatic heterocycles. The standard InChI is InChI=1S/C40H49F2N7O5.C6H6O/c1-4-5-6-17-40(51)25-48(38(50)49(40)29(2)3)33-10-8-31(9-11-33)45-18-20-46(21-19-45)32-12-14-34(15-13-32)52-23-37-53-26-39(54-37,24-47-28-43-27-44-47)35-16-7-30(41)22-36(35)42;7-6-4-2-1-3-5-6/h7-16,22,27-29,37,51H,4-6,17-21,23-26H2,1-3H3;1-5,7H/t37-,39+,40?;/m0./s1. The normalized spacial score (nSPS) is 21.6. The molecule has 3 aliphatic heterocycles. The van der Waals surface area contributed by atoms with Crippen molar-refractivity contribution < 1.29 is 38.0 Å². The van der Waals surface area contributed by atoms with E-state index in [-0.39, 0.29) is 43.9 Å². The van der Waals surface area contributed by atoms with E-state index in [0.29, 0.717) is 17.9 Å². The van der Waals surface area contributed by atoms with Crippen molar-refractivity contribution in [2.45, 2.75) is 76.7 Å². The number of anilines is 3. The van der Waals surface area contributed by atoms with E-state index in [1.54, 1.807) is 34.1 Å². The van der Waals surface area contributed by atoms with Crippen LogP contribution in [0.3, 0.4) is 0 Å². The van der Waals surface area contributed by atoms with Gasteiger partial charge >= 0.3 is 6.03 Å². The summed E-state index contributed by atoms with van der Waals surface area (Å²) in [6.07, 6.45) is 5.63. The topological polar surface area (TPSA) is 129 Å². The first kappa shape index (κ1) is 43.3. The number of nitrogens with zero attached hydrogens (tertiary/aromatic N) is 7. The number of unbranched alkanes of at least 4 members (excludes halogenated alkanes) is 2. The third kappa shape index (κ3) is 10.2. The summed E-state index contributed by atoms with van der Waals surface area (Å²) in [6.45, 7) is 9.86. The lowest BCUT2D eigenvalue weighted by Crippen LogP contribution is -2.50. The number of carbonyl (C=O) groups is 1. The molecular weight excluding hydrogens is 785 g/mol. The minimum atomic E-state index is -1.24. The highest BCUT2D eigenvalue weighted by atomic mass is 19.1. The predicted molar refractivity (Wildman–Crippen MR) is 229 cm³/mol. The molecule has 3 fully saturated rings. The minimum absolute atomic E-state index is 0.0250. The van der Waals surface area contributed by atoms with Crippen LogP contribution < -0.4 is 19.4 Å². The van der Waals surface area contributed by atoms with Gasteiger partial charge in [0.15, 0.2) is 12.0 Å². The van der Waals surface area contributed by atoms with Crippen LogP contribution >= 0.6 is 0 Å². The smallest absolute Gasteiger partial charge is 0.327 e. The fourth-order valence-corrected chi connectivity index (χ4v) is 8.25. The lowest BCUT2D eigenvalue weighted by Gasteiger charge is -2.37. The van der Waals surface area contributed by atoms with Crippen LogP contribution in [0.2, 0.25) is 0 Å². The fourth-order valence-electron chi connectivity index (χ4n) is 8.25. The molecule has 0 saturated carbocycles. The molecule has 1 unspecified atom stereocenters. The summed E-state index contributed by atoms with van der Waals surface area (Å²) in [5.74, 6) is -0.442. The number of urea groups is 1. The number of benzene rings is 4. The van der Waals surface area contributed by atoms with Crippen molar-refractivity contribution in [3.63, 3.8) is 0 Å². The molecule has 4 heterocycles. The second-order valence-corrected chi connectivity index (χ2v) is 16.0. The Bertz CT molecular complexity index is 2160. The average Bonchev–Trinajstić information content (AvgIpc) is 3.99. The third-order valence-electron chi connectivity index (χ3n) is 11.3. The Morgan fingerprint density at radius 3 is 2.11 bits per heavy atom. The zero-order valence-corrected chi connectivity index (χ0v) is 34.9. The first-order valence-electron chi connectivity index (χ1n) is 20.9. The van der Waals surface area contributed by atoms with Crippen LogP contribution in [-0.4, -0.2) is 99.9 Å². The molecule has 4 aromatic carbocycles. The molecule has 0 aliphatic carbocycles. The maximum absolute atomic E-state index is 14.9. The molecule has 8 rings (SSSR count). The van der Waals surface area contributed by atoms with Gasteiger partial charge in [-0.3, -0.25) is 9.80 Å². The molecule has 0 spiro atoms. The first-order chi connectivity index (χ1) is 29.5. The second kappa shape index (κ2) is 19.3. The fraction of sp³-hybridized carbons (Fsp3) is 0.413. The number of rotatable bonds is 14. The number of phenolic OH excluding ortho intramolecular Hbond substituents is 1. The number of piperazine rings is 1. The number of hydrogen-bond donors (Lipinski definition) is 2. The quantitative estimate of drug-likeness (QED) is 0.108. The molecule has 3 atom stereocenters. The van der Waals surface area contributed by atoms with E-state index in [2.05, 4.69) is 38.9 Å². The molecule has 0 bridgehead atoms. The lowest BCUT2D eigenvalue weighted by molar-refractivity contribution is -0.117. The number of ether oxygens (including phenoxy) is 3. The number of aromatic nitrogens is 3. The highest BCUT2D eigenvalue weighted by Crippen LogP contribution is 2.38. The number of aliphatic hydroxyl groups is 1. The van der Waals surface area contributed by atoms with Gasteiger partial charge in [0.25, 0.3) is 0 Å². The van der Waals surface area contributed by atoms with Crippen LogP contribution in [0, 0.1) is 11.6 Å². The number of aromatic hydroxyl groups is 1. The van der Waals surface area contributed by atoms with Gasteiger partial charge in [0, 0.05) is 60.9 Å². The molecule has 2 N–H and O–H groups in total. The van der Waals surface area contributed by atoms with E-state index in [0.717, 1.165) is 68.6 Å². The summed E-state index contributed by atoms with van der Waals surface area (Å²) in [5, 5.41) is 24.3. The van der Waals surface area contributed by atoms with E-state index in [1.165, 1.54) is 29.5 Å². The van der Waals surface area contributed by atoms with Gasteiger partial charge in [-0.2, -0.15) is 5.10 Å². The number of halogens is 2. The number of para-hydroxylation sites is 1. The van der Waals surface area contributed by atoms with Crippen LogP contribution in [0.5, 0.6) is 11.5 Å². The third-order valence-corrected chi connectivity index (χ3v) is 11.3. The van der Waals surface area contributed by atoms with Crippen molar-refractivity contribution in [2.75, 3.05) is 60.6 Å². The van der Waals surface area contributed by atoms with E-state index < -0.39 is 29.3 Å². The summed E-state index contributed by atoms with van der Waals surface area (Å²) < 4.78 is 48.4. The van der Waals surface area contributed by atoms with Crippen LogP contribution in [0.25, 0.3) is 0 Å². The zero-order chi connectivity index (χ0) is 43.0. The Kier molecular flexibility index (Phi) is 13.7. The van der Waals surface area contributed by atoms with Gasteiger partial charge in [0.2, 0.25) is 0 Å². The molecule has 0 radical (unpaired) electrons. The number of carbonyl (C=O) groups excluding carboxylic acids is 1. The Balaban J connectivity index is 0.000000729. The molecule has 15 heteroatoms. The van der Waals surface area contributed by atoms with Gasteiger partial charge in [-0.25, -0.2) is 23.2 Å². The number of hydrogen-bond acceptors (Lipinski definition) is 10. The molecule has 324 valence electrons. The van der Waals surface area contributed by atoms with Crippen molar-refractivity contribution in [1.29, 1.82) is 0 Å². The SMILES string of the molecule is CCCCCC1(O)CN(c2ccc(N3CCN(c4ccc(OC[C@H]5OC[C@](Cn6cncn6)(c6ccc(F)cc6F)O5)cc4)CC3)cc2)C(=O)N1C(C)C.Oc1ccccc1. The Labute approximate surface area is 355 Å². The number of amides is 2. The van der Waals surface area contributed by atoms with E-state index in [9.17, 15) is 18.7 Å². The number of β-amino-alcohol motifs (C(OH)–C–C–N with tert-alkyl or cyclic N) is 1. The van der Waals surface area contributed by atoms with E-state index >= 15 is 0 Å².